The number of rotatable bonds is 5. The molecule has 0 aliphatic carbocycles. The summed E-state index contributed by atoms with van der Waals surface area (Å²) in [4.78, 5) is 12.0. The maximum absolute atomic E-state index is 12.0. The van der Waals surface area contributed by atoms with Crippen LogP contribution in [0.15, 0.2) is 60.7 Å². The second-order valence-electron chi connectivity index (χ2n) is 4.56. The Kier molecular flexibility index (Phi) is 4.77. The van der Waals surface area contributed by atoms with Crippen LogP contribution in [0.1, 0.15) is 25.5 Å². The average Bonchev–Trinajstić information content (AvgIpc) is 2.49. The van der Waals surface area contributed by atoms with Crippen molar-refractivity contribution in [2.45, 2.75) is 26.1 Å². The van der Waals surface area contributed by atoms with Crippen molar-refractivity contribution in [1.82, 2.24) is 0 Å². The largest absolute Gasteiger partial charge is 0.479 e. The van der Waals surface area contributed by atoms with Gasteiger partial charge in [0.15, 0.2) is 6.10 Å². The van der Waals surface area contributed by atoms with E-state index in [9.17, 15) is 4.79 Å². The van der Waals surface area contributed by atoms with Crippen LogP contribution in [0, 0.1) is 0 Å². The standard InChI is InChI=1S/C17H18O3/c1-13(15-9-5-3-6-10-15)20-17(18)14(2)19-16-11-7-4-8-12-16/h3-14H,1-2H3. The zero-order chi connectivity index (χ0) is 14.4. The summed E-state index contributed by atoms with van der Waals surface area (Å²) in [6, 6.07) is 18.9. The van der Waals surface area contributed by atoms with Crippen molar-refractivity contribution in [3.05, 3.63) is 66.2 Å². The maximum Gasteiger partial charge on any atom is 0.347 e. The molecule has 3 heteroatoms. The third kappa shape index (κ3) is 3.85. The molecule has 2 atom stereocenters. The molecule has 2 rings (SSSR count). The lowest BCUT2D eigenvalue weighted by Gasteiger charge is -2.18. The zero-order valence-electron chi connectivity index (χ0n) is 11.7. The molecular weight excluding hydrogens is 252 g/mol. The second-order valence-corrected chi connectivity index (χ2v) is 4.56. The number of hydrogen-bond acceptors (Lipinski definition) is 3. The summed E-state index contributed by atoms with van der Waals surface area (Å²) >= 11 is 0. The Morgan fingerprint density at radius 2 is 1.45 bits per heavy atom. The van der Waals surface area contributed by atoms with Gasteiger partial charge in [-0.2, -0.15) is 0 Å². The number of para-hydroxylation sites is 1. The van der Waals surface area contributed by atoms with Crippen LogP contribution in [0.3, 0.4) is 0 Å². The number of hydrogen-bond donors (Lipinski definition) is 0. The van der Waals surface area contributed by atoms with E-state index in [-0.39, 0.29) is 12.1 Å². The predicted octanol–water partition coefficient (Wildman–Crippen LogP) is 3.76. The summed E-state index contributed by atoms with van der Waals surface area (Å²) in [6.07, 6.45) is -0.922. The lowest BCUT2D eigenvalue weighted by molar-refractivity contribution is -0.156. The first-order valence-corrected chi connectivity index (χ1v) is 6.64. The van der Waals surface area contributed by atoms with Gasteiger partial charge >= 0.3 is 5.97 Å². The minimum absolute atomic E-state index is 0.287. The van der Waals surface area contributed by atoms with Gasteiger partial charge in [-0.05, 0) is 31.5 Å². The third-order valence-electron chi connectivity index (χ3n) is 2.95. The highest BCUT2D eigenvalue weighted by atomic mass is 16.6. The average molecular weight is 270 g/mol. The van der Waals surface area contributed by atoms with Gasteiger partial charge in [0.25, 0.3) is 0 Å². The first kappa shape index (κ1) is 14.1. The van der Waals surface area contributed by atoms with E-state index in [4.69, 9.17) is 9.47 Å². The van der Waals surface area contributed by atoms with Gasteiger partial charge in [0.05, 0.1) is 0 Å². The van der Waals surface area contributed by atoms with Crippen molar-refractivity contribution in [2.24, 2.45) is 0 Å². The van der Waals surface area contributed by atoms with Crippen LogP contribution < -0.4 is 4.74 Å². The van der Waals surface area contributed by atoms with Gasteiger partial charge in [0, 0.05) is 0 Å². The molecule has 2 aromatic rings. The van der Waals surface area contributed by atoms with Gasteiger partial charge in [-0.1, -0.05) is 48.5 Å². The monoisotopic (exact) mass is 270 g/mol. The molecule has 0 fully saturated rings. The quantitative estimate of drug-likeness (QED) is 0.776. The van der Waals surface area contributed by atoms with Gasteiger partial charge < -0.3 is 9.47 Å². The Hall–Kier alpha value is -2.29. The van der Waals surface area contributed by atoms with Crippen LogP contribution in [-0.4, -0.2) is 12.1 Å². The minimum atomic E-state index is -0.636. The molecule has 20 heavy (non-hydrogen) atoms. The van der Waals surface area contributed by atoms with Crippen molar-refractivity contribution in [2.75, 3.05) is 0 Å². The molecular formula is C17H18O3. The summed E-state index contributed by atoms with van der Waals surface area (Å²) in [6.45, 7) is 3.54. The highest BCUT2D eigenvalue weighted by Gasteiger charge is 2.19. The Balaban J connectivity index is 1.91. The third-order valence-corrected chi connectivity index (χ3v) is 2.95. The van der Waals surface area contributed by atoms with Crippen LogP contribution in [0.5, 0.6) is 5.75 Å². The van der Waals surface area contributed by atoms with Crippen LogP contribution in [0.2, 0.25) is 0 Å². The van der Waals surface area contributed by atoms with Crippen molar-refractivity contribution in [3.8, 4) is 5.75 Å². The van der Waals surface area contributed by atoms with Crippen LogP contribution in [-0.2, 0) is 9.53 Å². The first-order valence-electron chi connectivity index (χ1n) is 6.64. The van der Waals surface area contributed by atoms with E-state index in [1.165, 1.54) is 0 Å². The SMILES string of the molecule is CC(Oc1ccccc1)C(=O)OC(C)c1ccccc1. The molecule has 0 saturated carbocycles. The fraction of sp³-hybridized carbons (Fsp3) is 0.235. The minimum Gasteiger partial charge on any atom is -0.479 e. The molecule has 0 N–H and O–H groups in total. The van der Waals surface area contributed by atoms with Crippen LogP contribution in [0.25, 0.3) is 0 Å². The van der Waals surface area contributed by atoms with Gasteiger partial charge in [0.2, 0.25) is 0 Å². The number of benzene rings is 2. The molecule has 2 unspecified atom stereocenters. The van der Waals surface area contributed by atoms with Gasteiger partial charge in [-0.25, -0.2) is 4.79 Å². The van der Waals surface area contributed by atoms with Gasteiger partial charge in [-0.3, -0.25) is 0 Å². The first-order chi connectivity index (χ1) is 9.66. The fourth-order valence-corrected chi connectivity index (χ4v) is 1.81. The highest BCUT2D eigenvalue weighted by molar-refractivity contribution is 5.74. The Labute approximate surface area is 119 Å². The van der Waals surface area contributed by atoms with E-state index in [0.717, 1.165) is 5.56 Å². The van der Waals surface area contributed by atoms with E-state index in [2.05, 4.69) is 0 Å². The molecule has 0 bridgehead atoms. The predicted molar refractivity (Wildman–Crippen MR) is 77.5 cm³/mol. The van der Waals surface area contributed by atoms with E-state index in [1.807, 2.05) is 67.6 Å². The normalized spacial score (nSPS) is 13.3. The van der Waals surface area contributed by atoms with Crippen molar-refractivity contribution in [1.29, 1.82) is 0 Å². The molecule has 0 radical (unpaired) electrons. The fourth-order valence-electron chi connectivity index (χ4n) is 1.81. The molecule has 104 valence electrons. The number of carbonyl (C=O) groups is 1. The summed E-state index contributed by atoms with van der Waals surface area (Å²) in [5.41, 5.74) is 0.966. The molecule has 0 saturated heterocycles. The number of carbonyl (C=O) groups excluding carboxylic acids is 1. The number of ether oxygens (including phenoxy) is 2. The molecule has 0 aromatic heterocycles. The van der Waals surface area contributed by atoms with E-state index >= 15 is 0 Å². The van der Waals surface area contributed by atoms with Gasteiger partial charge in [-0.15, -0.1) is 0 Å². The topological polar surface area (TPSA) is 35.5 Å². The molecule has 0 amide bonds. The van der Waals surface area contributed by atoms with E-state index < -0.39 is 6.10 Å². The Morgan fingerprint density at radius 1 is 0.900 bits per heavy atom. The Bertz CT molecular complexity index is 537. The molecule has 0 spiro atoms. The van der Waals surface area contributed by atoms with Crippen molar-refractivity contribution in [3.63, 3.8) is 0 Å². The summed E-state index contributed by atoms with van der Waals surface area (Å²) in [5, 5.41) is 0. The number of esters is 1. The lowest BCUT2D eigenvalue weighted by atomic mass is 10.1. The summed E-state index contributed by atoms with van der Waals surface area (Å²) in [7, 11) is 0. The van der Waals surface area contributed by atoms with Crippen LogP contribution >= 0.6 is 0 Å². The van der Waals surface area contributed by atoms with E-state index in [0.29, 0.717) is 5.75 Å². The second kappa shape index (κ2) is 6.75. The molecule has 0 heterocycles. The summed E-state index contributed by atoms with van der Waals surface area (Å²) in [5.74, 6) is 0.287. The smallest absolute Gasteiger partial charge is 0.347 e. The molecule has 0 aliphatic heterocycles. The Morgan fingerprint density at radius 3 is 2.05 bits per heavy atom. The lowest BCUT2D eigenvalue weighted by Crippen LogP contribution is -2.27. The highest BCUT2D eigenvalue weighted by Crippen LogP contribution is 2.18. The molecule has 3 nitrogen and oxygen atoms in total. The summed E-state index contributed by atoms with van der Waals surface area (Å²) < 4.78 is 10.9. The molecule has 2 aromatic carbocycles. The van der Waals surface area contributed by atoms with Crippen molar-refractivity contribution < 1.29 is 14.3 Å². The van der Waals surface area contributed by atoms with Crippen LogP contribution in [0.4, 0.5) is 0 Å². The zero-order valence-corrected chi connectivity index (χ0v) is 11.7. The maximum atomic E-state index is 12.0. The van der Waals surface area contributed by atoms with Crippen molar-refractivity contribution >= 4 is 5.97 Å². The van der Waals surface area contributed by atoms with E-state index in [1.54, 1.807) is 6.92 Å². The molecule has 0 aliphatic rings. The van der Waals surface area contributed by atoms with Gasteiger partial charge in [0.1, 0.15) is 11.9 Å².